The van der Waals surface area contributed by atoms with E-state index < -0.39 is 0 Å². The number of methoxy groups -OCH3 is 1. The van der Waals surface area contributed by atoms with Crippen LogP contribution < -0.4 is 5.32 Å². The highest BCUT2D eigenvalue weighted by Crippen LogP contribution is 2.14. The Morgan fingerprint density at radius 3 is 2.70 bits per heavy atom. The number of aliphatic imine (C=N–C) groups is 1. The van der Waals surface area contributed by atoms with Crippen LogP contribution in [0.5, 0.6) is 0 Å². The van der Waals surface area contributed by atoms with Crippen LogP contribution in [0.2, 0.25) is 5.02 Å². The molecule has 0 spiro atoms. The van der Waals surface area contributed by atoms with Gasteiger partial charge in [0.15, 0.2) is 0 Å². The minimum atomic E-state index is -0.315. The average Bonchev–Trinajstić information content (AvgIpc) is 2.46. The van der Waals surface area contributed by atoms with Crippen molar-refractivity contribution < 1.29 is 9.53 Å². The molecule has 0 saturated carbocycles. The van der Waals surface area contributed by atoms with Gasteiger partial charge in [-0.05, 0) is 18.6 Å². The van der Waals surface area contributed by atoms with Crippen LogP contribution in [0.4, 0.5) is 0 Å². The van der Waals surface area contributed by atoms with Gasteiger partial charge < -0.3 is 4.74 Å². The van der Waals surface area contributed by atoms with Crippen molar-refractivity contribution >= 4 is 23.5 Å². The first kappa shape index (κ1) is 16.5. The first-order chi connectivity index (χ1) is 9.69. The lowest BCUT2D eigenvalue weighted by molar-refractivity contribution is 0.0968. The van der Waals surface area contributed by atoms with Gasteiger partial charge in [0.2, 0.25) is 0 Å². The molecule has 0 atom stereocenters. The quantitative estimate of drug-likeness (QED) is 0.495. The van der Waals surface area contributed by atoms with E-state index in [1.165, 1.54) is 20.0 Å². The van der Waals surface area contributed by atoms with E-state index in [0.29, 0.717) is 17.1 Å². The lowest BCUT2D eigenvalue weighted by atomic mass is 10.2. The Kier molecular flexibility index (Phi) is 7.73. The van der Waals surface area contributed by atoms with Crippen molar-refractivity contribution in [3.8, 4) is 0 Å². The number of nitrogens with zero attached hydrogens (tertiary/aromatic N) is 1. The minimum Gasteiger partial charge on any atom is -0.468 e. The summed E-state index contributed by atoms with van der Waals surface area (Å²) in [5.41, 5.74) is 0.407. The first-order valence-corrected chi connectivity index (χ1v) is 7.21. The Bertz CT molecular complexity index is 461. The Hall–Kier alpha value is -1.55. The van der Waals surface area contributed by atoms with Crippen LogP contribution >= 0.6 is 11.6 Å². The van der Waals surface area contributed by atoms with Gasteiger partial charge in [0.05, 0.1) is 17.7 Å². The molecule has 0 radical (unpaired) electrons. The van der Waals surface area contributed by atoms with Crippen molar-refractivity contribution in [3.05, 3.63) is 34.9 Å². The highest BCUT2D eigenvalue weighted by Gasteiger charge is 2.11. The number of halogens is 1. The van der Waals surface area contributed by atoms with Crippen molar-refractivity contribution in [2.24, 2.45) is 4.99 Å². The Morgan fingerprint density at radius 2 is 2.05 bits per heavy atom. The van der Waals surface area contributed by atoms with Gasteiger partial charge in [-0.15, -0.1) is 0 Å². The monoisotopic (exact) mass is 296 g/mol. The molecule has 0 heterocycles. The number of benzene rings is 1. The number of amides is 1. The molecule has 0 aromatic heterocycles. The van der Waals surface area contributed by atoms with Gasteiger partial charge in [-0.25, -0.2) is 4.99 Å². The molecule has 5 heteroatoms. The van der Waals surface area contributed by atoms with Crippen LogP contribution in [-0.4, -0.2) is 25.6 Å². The van der Waals surface area contributed by atoms with E-state index in [2.05, 4.69) is 17.2 Å². The third kappa shape index (κ3) is 5.61. The molecule has 0 unspecified atom stereocenters. The highest BCUT2D eigenvalue weighted by molar-refractivity contribution is 6.34. The van der Waals surface area contributed by atoms with Crippen molar-refractivity contribution in [3.63, 3.8) is 0 Å². The van der Waals surface area contributed by atoms with Gasteiger partial charge in [-0.3, -0.25) is 10.1 Å². The average molecular weight is 297 g/mol. The van der Waals surface area contributed by atoms with E-state index in [-0.39, 0.29) is 11.9 Å². The van der Waals surface area contributed by atoms with Crippen LogP contribution in [0.15, 0.2) is 29.3 Å². The molecule has 1 amide bonds. The summed E-state index contributed by atoms with van der Waals surface area (Å²) in [4.78, 5) is 16.2. The SMILES string of the molecule is CCCCCCN=C(NC(=O)c1ccccc1Cl)OC. The normalized spacial score (nSPS) is 11.2. The van der Waals surface area contributed by atoms with Gasteiger partial charge >= 0.3 is 0 Å². The van der Waals surface area contributed by atoms with E-state index in [4.69, 9.17) is 16.3 Å². The maximum atomic E-state index is 12.0. The van der Waals surface area contributed by atoms with E-state index in [9.17, 15) is 4.79 Å². The number of carbonyl (C=O) groups excluding carboxylic acids is 1. The minimum absolute atomic E-state index is 0.228. The van der Waals surface area contributed by atoms with Crippen molar-refractivity contribution in [2.75, 3.05) is 13.7 Å². The van der Waals surface area contributed by atoms with E-state index in [1.54, 1.807) is 24.3 Å². The summed E-state index contributed by atoms with van der Waals surface area (Å²) in [5.74, 6) is -0.315. The Balaban J connectivity index is 2.53. The molecule has 0 aliphatic heterocycles. The maximum Gasteiger partial charge on any atom is 0.291 e. The van der Waals surface area contributed by atoms with E-state index in [0.717, 1.165) is 12.8 Å². The molecule has 1 rings (SSSR count). The third-order valence-electron chi connectivity index (χ3n) is 2.80. The fourth-order valence-corrected chi connectivity index (χ4v) is 1.91. The van der Waals surface area contributed by atoms with Crippen LogP contribution in [0.3, 0.4) is 0 Å². The largest absolute Gasteiger partial charge is 0.468 e. The molecule has 1 aromatic rings. The highest BCUT2D eigenvalue weighted by atomic mass is 35.5. The van der Waals surface area contributed by atoms with Crippen molar-refractivity contribution in [1.29, 1.82) is 0 Å². The molecule has 110 valence electrons. The molecule has 0 aliphatic rings. The summed E-state index contributed by atoms with van der Waals surface area (Å²) >= 11 is 5.97. The van der Waals surface area contributed by atoms with Gasteiger partial charge in [0.1, 0.15) is 0 Å². The number of hydrogen-bond donors (Lipinski definition) is 1. The fraction of sp³-hybridized carbons (Fsp3) is 0.467. The van der Waals surface area contributed by atoms with Gasteiger partial charge in [0.25, 0.3) is 11.9 Å². The molecule has 1 N–H and O–H groups in total. The number of amidine groups is 1. The smallest absolute Gasteiger partial charge is 0.291 e. The number of ether oxygens (including phenoxy) is 1. The van der Waals surface area contributed by atoms with E-state index in [1.807, 2.05) is 0 Å². The van der Waals surface area contributed by atoms with Crippen LogP contribution in [-0.2, 0) is 4.74 Å². The molecule has 0 bridgehead atoms. The summed E-state index contributed by atoms with van der Waals surface area (Å²) in [6.07, 6.45) is 4.51. The van der Waals surface area contributed by atoms with E-state index >= 15 is 0 Å². The standard InChI is InChI=1S/C15H21ClN2O2/c1-3-4-5-8-11-17-15(20-2)18-14(19)12-9-6-7-10-13(12)16/h6-7,9-10H,3-5,8,11H2,1-2H3,(H,17,18,19). The molecule has 0 saturated heterocycles. The van der Waals surface area contributed by atoms with Crippen LogP contribution in [0, 0.1) is 0 Å². The topological polar surface area (TPSA) is 50.7 Å². The molecule has 20 heavy (non-hydrogen) atoms. The molecular formula is C15H21ClN2O2. The number of hydrogen-bond acceptors (Lipinski definition) is 3. The summed E-state index contributed by atoms with van der Waals surface area (Å²) in [5, 5.41) is 3.03. The number of unbranched alkanes of at least 4 members (excludes halogenated alkanes) is 3. The Morgan fingerprint density at radius 1 is 1.30 bits per heavy atom. The predicted molar refractivity (Wildman–Crippen MR) is 82.4 cm³/mol. The molecule has 0 aliphatic carbocycles. The van der Waals surface area contributed by atoms with Gasteiger partial charge in [-0.1, -0.05) is 49.9 Å². The first-order valence-electron chi connectivity index (χ1n) is 6.83. The van der Waals surface area contributed by atoms with Crippen molar-refractivity contribution in [2.45, 2.75) is 32.6 Å². The summed E-state index contributed by atoms with van der Waals surface area (Å²) in [7, 11) is 1.48. The predicted octanol–water partition coefficient (Wildman–Crippen LogP) is 3.65. The zero-order valence-electron chi connectivity index (χ0n) is 12.0. The second-order valence-corrected chi connectivity index (χ2v) is 4.79. The molecule has 0 fully saturated rings. The fourth-order valence-electron chi connectivity index (χ4n) is 1.68. The Labute approximate surface area is 125 Å². The number of rotatable bonds is 6. The zero-order chi connectivity index (χ0) is 14.8. The van der Waals surface area contributed by atoms with Crippen LogP contribution in [0.1, 0.15) is 43.0 Å². The van der Waals surface area contributed by atoms with Gasteiger partial charge in [0, 0.05) is 6.54 Å². The summed E-state index contributed by atoms with van der Waals surface area (Å²) in [6, 6.07) is 7.09. The van der Waals surface area contributed by atoms with Gasteiger partial charge in [-0.2, -0.15) is 0 Å². The third-order valence-corrected chi connectivity index (χ3v) is 3.13. The second-order valence-electron chi connectivity index (χ2n) is 4.39. The number of nitrogens with one attached hydrogen (secondary N) is 1. The molecular weight excluding hydrogens is 276 g/mol. The summed E-state index contributed by atoms with van der Waals surface area (Å²) in [6.45, 7) is 2.81. The number of carbonyl (C=O) groups is 1. The van der Waals surface area contributed by atoms with Crippen LogP contribution in [0.25, 0.3) is 0 Å². The second kappa shape index (κ2) is 9.37. The summed E-state index contributed by atoms with van der Waals surface area (Å²) < 4.78 is 5.06. The lowest BCUT2D eigenvalue weighted by Gasteiger charge is -2.08. The lowest BCUT2D eigenvalue weighted by Crippen LogP contribution is -2.32. The maximum absolute atomic E-state index is 12.0. The van der Waals surface area contributed by atoms with Crippen molar-refractivity contribution in [1.82, 2.24) is 5.32 Å². The molecule has 1 aromatic carbocycles. The zero-order valence-corrected chi connectivity index (χ0v) is 12.7. The molecule has 4 nitrogen and oxygen atoms in total.